The Bertz CT molecular complexity index is 434. The number of amides is 1. The number of alkyl halides is 1. The number of rotatable bonds is 6. The number of hydrogen-bond donors (Lipinski definition) is 1. The molecular weight excluding hydrogens is 289 g/mol. The minimum Gasteiger partial charge on any atom is -0.464 e. The Balaban J connectivity index is 2.43. The van der Waals surface area contributed by atoms with Gasteiger partial charge in [0.2, 0.25) is 0 Å². The van der Waals surface area contributed by atoms with Gasteiger partial charge in [0, 0.05) is 16.6 Å². The molecule has 0 saturated heterocycles. The van der Waals surface area contributed by atoms with Gasteiger partial charge in [-0.1, -0.05) is 11.6 Å². The predicted molar refractivity (Wildman–Crippen MR) is 74.7 cm³/mol. The molecule has 0 bridgehead atoms. The van der Waals surface area contributed by atoms with Crippen LogP contribution in [0.4, 0.5) is 0 Å². The molecule has 1 atom stereocenters. The monoisotopic (exact) mass is 303 g/mol. The van der Waals surface area contributed by atoms with E-state index >= 15 is 0 Å². The first kappa shape index (κ1) is 15.8. The van der Waals surface area contributed by atoms with Crippen LogP contribution >= 0.6 is 23.2 Å². The second-order valence-electron chi connectivity index (χ2n) is 3.99. The zero-order valence-corrected chi connectivity index (χ0v) is 12.0. The molecule has 0 fully saturated rings. The fourth-order valence-corrected chi connectivity index (χ4v) is 1.62. The molecule has 0 spiro atoms. The Kier molecular flexibility index (Phi) is 6.67. The topological polar surface area (TPSA) is 55.4 Å². The standard InChI is InChI=1S/C13H15Cl2NO3/c1-9(8-12(17)19-7-6-14)16-13(18)10-2-4-11(15)5-3-10/h2-5,9H,6-8H2,1H3,(H,16,18). The second-order valence-corrected chi connectivity index (χ2v) is 4.81. The first-order valence-corrected chi connectivity index (χ1v) is 6.72. The number of halogens is 2. The zero-order valence-electron chi connectivity index (χ0n) is 10.5. The average molecular weight is 304 g/mol. The lowest BCUT2D eigenvalue weighted by atomic mass is 10.2. The van der Waals surface area contributed by atoms with E-state index in [1.54, 1.807) is 31.2 Å². The summed E-state index contributed by atoms with van der Waals surface area (Å²) in [5, 5.41) is 3.27. The summed E-state index contributed by atoms with van der Waals surface area (Å²) in [6.07, 6.45) is 0.107. The fourth-order valence-electron chi connectivity index (χ4n) is 1.42. The van der Waals surface area contributed by atoms with E-state index in [0.717, 1.165) is 0 Å². The van der Waals surface area contributed by atoms with Crippen molar-refractivity contribution < 1.29 is 14.3 Å². The van der Waals surface area contributed by atoms with Gasteiger partial charge in [0.1, 0.15) is 6.61 Å². The number of esters is 1. The van der Waals surface area contributed by atoms with E-state index in [-0.39, 0.29) is 36.8 Å². The van der Waals surface area contributed by atoms with Gasteiger partial charge in [-0.25, -0.2) is 0 Å². The lowest BCUT2D eigenvalue weighted by molar-refractivity contribution is -0.143. The molecule has 0 aliphatic heterocycles. The van der Waals surface area contributed by atoms with Crippen molar-refractivity contribution in [3.05, 3.63) is 34.9 Å². The quantitative estimate of drug-likeness (QED) is 0.649. The molecule has 0 radical (unpaired) electrons. The van der Waals surface area contributed by atoms with Crippen LogP contribution in [0.15, 0.2) is 24.3 Å². The third-order valence-electron chi connectivity index (χ3n) is 2.30. The predicted octanol–water partition coefficient (Wildman–Crippen LogP) is 2.63. The summed E-state index contributed by atoms with van der Waals surface area (Å²) in [6.45, 7) is 1.91. The molecule has 104 valence electrons. The smallest absolute Gasteiger partial charge is 0.307 e. The van der Waals surface area contributed by atoms with Crippen molar-refractivity contribution in [1.29, 1.82) is 0 Å². The zero-order chi connectivity index (χ0) is 14.3. The lowest BCUT2D eigenvalue weighted by Crippen LogP contribution is -2.34. The second kappa shape index (κ2) is 8.02. The highest BCUT2D eigenvalue weighted by Gasteiger charge is 2.13. The van der Waals surface area contributed by atoms with Crippen LogP contribution in [0.2, 0.25) is 5.02 Å². The van der Waals surface area contributed by atoms with E-state index in [0.29, 0.717) is 10.6 Å². The molecule has 4 nitrogen and oxygen atoms in total. The van der Waals surface area contributed by atoms with Crippen LogP contribution in [0.5, 0.6) is 0 Å². The highest BCUT2D eigenvalue weighted by atomic mass is 35.5. The molecule has 1 unspecified atom stereocenters. The Morgan fingerprint density at radius 3 is 2.53 bits per heavy atom. The van der Waals surface area contributed by atoms with Crippen LogP contribution in [0.25, 0.3) is 0 Å². The SMILES string of the molecule is CC(CC(=O)OCCCl)NC(=O)c1ccc(Cl)cc1. The summed E-state index contributed by atoms with van der Waals surface area (Å²) in [6, 6.07) is 6.20. The molecule has 1 N–H and O–H groups in total. The van der Waals surface area contributed by atoms with Crippen molar-refractivity contribution in [2.75, 3.05) is 12.5 Å². The van der Waals surface area contributed by atoms with Gasteiger partial charge in [-0.15, -0.1) is 11.6 Å². The minimum absolute atomic E-state index is 0.107. The highest BCUT2D eigenvalue weighted by molar-refractivity contribution is 6.30. The van der Waals surface area contributed by atoms with Crippen LogP contribution < -0.4 is 5.32 Å². The van der Waals surface area contributed by atoms with Crippen molar-refractivity contribution in [1.82, 2.24) is 5.32 Å². The van der Waals surface area contributed by atoms with Crippen molar-refractivity contribution in [3.63, 3.8) is 0 Å². The molecule has 1 rings (SSSR count). The fraction of sp³-hybridized carbons (Fsp3) is 0.385. The number of nitrogens with one attached hydrogen (secondary N) is 1. The Hall–Kier alpha value is -1.26. The number of ether oxygens (including phenoxy) is 1. The third-order valence-corrected chi connectivity index (χ3v) is 2.70. The molecule has 1 amide bonds. The van der Waals surface area contributed by atoms with Gasteiger partial charge < -0.3 is 10.1 Å². The van der Waals surface area contributed by atoms with E-state index in [1.807, 2.05) is 0 Å². The van der Waals surface area contributed by atoms with Crippen LogP contribution in [-0.4, -0.2) is 30.4 Å². The van der Waals surface area contributed by atoms with Gasteiger partial charge in [0.05, 0.1) is 12.3 Å². The number of hydrogen-bond acceptors (Lipinski definition) is 3. The van der Waals surface area contributed by atoms with E-state index in [1.165, 1.54) is 0 Å². The van der Waals surface area contributed by atoms with E-state index in [2.05, 4.69) is 5.32 Å². The molecule has 1 aromatic rings. The minimum atomic E-state index is -0.385. The molecule has 1 aromatic carbocycles. The molecule has 0 heterocycles. The van der Waals surface area contributed by atoms with Crippen molar-refractivity contribution >= 4 is 35.1 Å². The highest BCUT2D eigenvalue weighted by Crippen LogP contribution is 2.09. The first-order chi connectivity index (χ1) is 9.02. The Morgan fingerprint density at radius 2 is 1.95 bits per heavy atom. The molecular formula is C13H15Cl2NO3. The lowest BCUT2D eigenvalue weighted by Gasteiger charge is -2.13. The van der Waals surface area contributed by atoms with Crippen LogP contribution in [0.3, 0.4) is 0 Å². The van der Waals surface area contributed by atoms with Gasteiger partial charge >= 0.3 is 5.97 Å². The molecule has 6 heteroatoms. The maximum atomic E-state index is 11.8. The summed E-state index contributed by atoms with van der Waals surface area (Å²) >= 11 is 11.1. The van der Waals surface area contributed by atoms with E-state index < -0.39 is 0 Å². The normalized spacial score (nSPS) is 11.7. The molecule has 0 aliphatic carbocycles. The summed E-state index contributed by atoms with van der Waals surface area (Å²) in [5.41, 5.74) is 0.491. The number of carbonyl (C=O) groups excluding carboxylic acids is 2. The van der Waals surface area contributed by atoms with Gasteiger partial charge in [-0.3, -0.25) is 9.59 Å². The maximum Gasteiger partial charge on any atom is 0.307 e. The van der Waals surface area contributed by atoms with Gasteiger partial charge in [-0.05, 0) is 31.2 Å². The molecule has 0 saturated carbocycles. The third kappa shape index (κ3) is 5.94. The summed E-state index contributed by atoms with van der Waals surface area (Å²) < 4.78 is 4.83. The largest absolute Gasteiger partial charge is 0.464 e. The van der Waals surface area contributed by atoms with Crippen molar-refractivity contribution in [2.24, 2.45) is 0 Å². The number of carbonyl (C=O) groups is 2. The van der Waals surface area contributed by atoms with Crippen LogP contribution in [0, 0.1) is 0 Å². The summed E-state index contributed by atoms with van der Waals surface area (Å²) in [7, 11) is 0. The summed E-state index contributed by atoms with van der Waals surface area (Å²) in [5.74, 6) is -0.379. The number of benzene rings is 1. The summed E-state index contributed by atoms with van der Waals surface area (Å²) in [4.78, 5) is 23.2. The maximum absolute atomic E-state index is 11.8. The molecule has 0 aromatic heterocycles. The molecule has 0 aliphatic rings. The van der Waals surface area contributed by atoms with E-state index in [4.69, 9.17) is 27.9 Å². The van der Waals surface area contributed by atoms with Crippen molar-refractivity contribution in [3.8, 4) is 0 Å². The van der Waals surface area contributed by atoms with Gasteiger partial charge in [0.25, 0.3) is 5.91 Å². The van der Waals surface area contributed by atoms with E-state index in [9.17, 15) is 9.59 Å². The average Bonchev–Trinajstić information content (AvgIpc) is 2.36. The van der Waals surface area contributed by atoms with Crippen molar-refractivity contribution in [2.45, 2.75) is 19.4 Å². The van der Waals surface area contributed by atoms with Gasteiger partial charge in [-0.2, -0.15) is 0 Å². The first-order valence-electron chi connectivity index (χ1n) is 5.81. The Labute approximate surface area is 122 Å². The Morgan fingerprint density at radius 1 is 1.32 bits per heavy atom. The van der Waals surface area contributed by atoms with Crippen LogP contribution in [-0.2, 0) is 9.53 Å². The van der Waals surface area contributed by atoms with Gasteiger partial charge in [0.15, 0.2) is 0 Å². The van der Waals surface area contributed by atoms with Crippen LogP contribution in [0.1, 0.15) is 23.7 Å². The molecule has 19 heavy (non-hydrogen) atoms.